The van der Waals surface area contributed by atoms with Crippen molar-refractivity contribution in [2.45, 2.75) is 58.9 Å². The van der Waals surface area contributed by atoms with Crippen molar-refractivity contribution in [2.24, 2.45) is 5.92 Å². The van der Waals surface area contributed by atoms with Gasteiger partial charge in [-0.05, 0) is 36.6 Å². The highest BCUT2D eigenvalue weighted by Crippen LogP contribution is 2.27. The van der Waals surface area contributed by atoms with Gasteiger partial charge in [-0.15, -0.1) is 0 Å². The summed E-state index contributed by atoms with van der Waals surface area (Å²) in [5, 5.41) is 3.36. The van der Waals surface area contributed by atoms with Crippen molar-refractivity contribution in [3.8, 4) is 0 Å². The van der Waals surface area contributed by atoms with Crippen molar-refractivity contribution in [3.63, 3.8) is 0 Å². The van der Waals surface area contributed by atoms with Gasteiger partial charge >= 0.3 is 0 Å². The molecule has 1 aromatic carbocycles. The summed E-state index contributed by atoms with van der Waals surface area (Å²) in [4.78, 5) is 0. The molecule has 1 N–H and O–H groups in total. The third kappa shape index (κ3) is 5.58. The first-order chi connectivity index (χ1) is 9.60. The summed E-state index contributed by atoms with van der Waals surface area (Å²) in [6, 6.07) is 3.86. The van der Waals surface area contributed by atoms with E-state index in [1.54, 1.807) is 0 Å². The fourth-order valence-electron chi connectivity index (χ4n) is 2.67. The van der Waals surface area contributed by atoms with Crippen molar-refractivity contribution in [3.05, 3.63) is 35.4 Å². The third-order valence-corrected chi connectivity index (χ3v) is 3.85. The lowest BCUT2D eigenvalue weighted by Crippen LogP contribution is -2.23. The van der Waals surface area contributed by atoms with Gasteiger partial charge in [0.1, 0.15) is 11.6 Å². The van der Waals surface area contributed by atoms with Crippen molar-refractivity contribution in [1.82, 2.24) is 5.32 Å². The van der Waals surface area contributed by atoms with Gasteiger partial charge in [-0.3, -0.25) is 0 Å². The van der Waals surface area contributed by atoms with E-state index in [-0.39, 0.29) is 6.04 Å². The van der Waals surface area contributed by atoms with Gasteiger partial charge in [0.05, 0.1) is 0 Å². The predicted octanol–water partition coefficient (Wildman–Crippen LogP) is 5.22. The van der Waals surface area contributed by atoms with Gasteiger partial charge in [-0.25, -0.2) is 8.78 Å². The number of hydrogen-bond donors (Lipinski definition) is 1. The molecule has 0 aliphatic rings. The standard InChI is InChI=1S/C17H27F2N/c1-4-7-8-13(5-2)9-17(20-6-3)14-10-15(18)12-16(19)11-14/h10-13,17,20H,4-9H2,1-3H3. The van der Waals surface area contributed by atoms with E-state index in [4.69, 9.17) is 0 Å². The lowest BCUT2D eigenvalue weighted by atomic mass is 9.89. The average Bonchev–Trinajstić information content (AvgIpc) is 2.41. The Morgan fingerprint density at radius 1 is 1.05 bits per heavy atom. The Hall–Kier alpha value is -0.960. The Morgan fingerprint density at radius 2 is 1.70 bits per heavy atom. The topological polar surface area (TPSA) is 12.0 Å². The molecule has 0 spiro atoms. The molecule has 1 rings (SSSR count). The van der Waals surface area contributed by atoms with Crippen LogP contribution in [0.5, 0.6) is 0 Å². The highest BCUT2D eigenvalue weighted by molar-refractivity contribution is 5.21. The van der Waals surface area contributed by atoms with Gasteiger partial charge in [0.15, 0.2) is 0 Å². The van der Waals surface area contributed by atoms with Crippen LogP contribution in [0.1, 0.15) is 64.5 Å². The molecule has 114 valence electrons. The van der Waals surface area contributed by atoms with Gasteiger partial charge < -0.3 is 5.32 Å². The fraction of sp³-hybridized carbons (Fsp3) is 0.647. The molecule has 0 aromatic heterocycles. The molecule has 2 unspecified atom stereocenters. The molecule has 0 heterocycles. The van der Waals surface area contributed by atoms with E-state index in [0.717, 1.165) is 31.0 Å². The van der Waals surface area contributed by atoms with Crippen LogP contribution in [0.15, 0.2) is 18.2 Å². The quantitative estimate of drug-likeness (QED) is 0.655. The molecule has 0 aliphatic heterocycles. The minimum absolute atomic E-state index is 0.0343. The van der Waals surface area contributed by atoms with E-state index in [9.17, 15) is 8.78 Å². The molecule has 0 radical (unpaired) electrons. The van der Waals surface area contributed by atoms with Gasteiger partial charge in [-0.2, -0.15) is 0 Å². The van der Waals surface area contributed by atoms with E-state index in [1.807, 2.05) is 6.92 Å². The minimum Gasteiger partial charge on any atom is -0.310 e. The molecule has 3 heteroatoms. The lowest BCUT2D eigenvalue weighted by Gasteiger charge is -2.24. The number of nitrogens with one attached hydrogen (secondary N) is 1. The Labute approximate surface area is 121 Å². The van der Waals surface area contributed by atoms with Crippen molar-refractivity contribution >= 4 is 0 Å². The molecule has 1 nitrogen and oxygen atoms in total. The Bertz CT molecular complexity index is 372. The van der Waals surface area contributed by atoms with Crippen LogP contribution in [0.25, 0.3) is 0 Å². The van der Waals surface area contributed by atoms with Crippen LogP contribution in [0.4, 0.5) is 8.78 Å². The highest BCUT2D eigenvalue weighted by atomic mass is 19.1. The van der Waals surface area contributed by atoms with Crippen LogP contribution >= 0.6 is 0 Å². The predicted molar refractivity (Wildman–Crippen MR) is 80.7 cm³/mol. The molecule has 20 heavy (non-hydrogen) atoms. The van der Waals surface area contributed by atoms with Crippen LogP contribution in [-0.4, -0.2) is 6.54 Å². The second kappa shape index (κ2) is 9.06. The van der Waals surface area contributed by atoms with Gasteiger partial charge in [0.2, 0.25) is 0 Å². The average molecular weight is 283 g/mol. The van der Waals surface area contributed by atoms with Gasteiger partial charge in [0, 0.05) is 12.1 Å². The summed E-state index contributed by atoms with van der Waals surface area (Å²) in [6.45, 7) is 7.20. The smallest absolute Gasteiger partial charge is 0.126 e. The minimum atomic E-state index is -0.496. The lowest BCUT2D eigenvalue weighted by molar-refractivity contribution is 0.355. The maximum absolute atomic E-state index is 13.4. The molecule has 0 fully saturated rings. The molecular formula is C17H27F2N. The molecule has 0 saturated carbocycles. The fourth-order valence-corrected chi connectivity index (χ4v) is 2.67. The van der Waals surface area contributed by atoms with Crippen LogP contribution in [0, 0.1) is 17.6 Å². The number of rotatable bonds is 9. The first-order valence-electron chi connectivity index (χ1n) is 7.80. The Morgan fingerprint density at radius 3 is 2.20 bits per heavy atom. The maximum Gasteiger partial charge on any atom is 0.126 e. The van der Waals surface area contributed by atoms with Crippen molar-refractivity contribution < 1.29 is 8.78 Å². The van der Waals surface area contributed by atoms with E-state index in [1.165, 1.54) is 31.4 Å². The second-order valence-electron chi connectivity index (χ2n) is 5.47. The van der Waals surface area contributed by atoms with Crippen molar-refractivity contribution in [2.75, 3.05) is 6.54 Å². The first-order valence-corrected chi connectivity index (χ1v) is 7.80. The van der Waals surface area contributed by atoms with Crippen LogP contribution in [0.2, 0.25) is 0 Å². The zero-order chi connectivity index (χ0) is 15.0. The number of unbranched alkanes of at least 4 members (excludes halogenated alkanes) is 1. The molecule has 0 bridgehead atoms. The van der Waals surface area contributed by atoms with Gasteiger partial charge in [0.25, 0.3) is 0 Å². The summed E-state index contributed by atoms with van der Waals surface area (Å²) in [5.41, 5.74) is 0.722. The van der Waals surface area contributed by atoms with Crippen LogP contribution in [-0.2, 0) is 0 Å². The molecule has 1 aromatic rings. The van der Waals surface area contributed by atoms with Gasteiger partial charge in [-0.1, -0.05) is 46.5 Å². The molecule has 0 saturated heterocycles. The molecule has 2 atom stereocenters. The van der Waals surface area contributed by atoms with E-state index in [2.05, 4.69) is 19.2 Å². The zero-order valence-corrected chi connectivity index (χ0v) is 12.9. The maximum atomic E-state index is 13.4. The second-order valence-corrected chi connectivity index (χ2v) is 5.47. The Balaban J connectivity index is 2.81. The summed E-state index contributed by atoms with van der Waals surface area (Å²) in [6.07, 6.45) is 5.64. The SMILES string of the molecule is CCCCC(CC)CC(NCC)c1cc(F)cc(F)c1. The largest absolute Gasteiger partial charge is 0.310 e. The van der Waals surface area contributed by atoms with E-state index < -0.39 is 11.6 Å². The van der Waals surface area contributed by atoms with Crippen molar-refractivity contribution in [1.29, 1.82) is 0 Å². The summed E-state index contributed by atoms with van der Waals surface area (Å²) < 4.78 is 26.8. The third-order valence-electron chi connectivity index (χ3n) is 3.85. The van der Waals surface area contributed by atoms with E-state index in [0.29, 0.717) is 5.92 Å². The monoisotopic (exact) mass is 283 g/mol. The summed E-state index contributed by atoms with van der Waals surface area (Å²) in [5.74, 6) is -0.389. The zero-order valence-electron chi connectivity index (χ0n) is 12.9. The molecule has 0 amide bonds. The van der Waals surface area contributed by atoms with Crippen LogP contribution < -0.4 is 5.32 Å². The number of halogens is 2. The number of benzene rings is 1. The highest BCUT2D eigenvalue weighted by Gasteiger charge is 2.17. The number of hydrogen-bond acceptors (Lipinski definition) is 1. The summed E-state index contributed by atoms with van der Waals surface area (Å²) in [7, 11) is 0. The molecular weight excluding hydrogens is 256 g/mol. The van der Waals surface area contributed by atoms with E-state index >= 15 is 0 Å². The first kappa shape index (κ1) is 17.1. The normalized spacial score (nSPS) is 14.2. The Kier molecular flexibility index (Phi) is 7.75. The van der Waals surface area contributed by atoms with Crippen LogP contribution in [0.3, 0.4) is 0 Å². The molecule has 0 aliphatic carbocycles. The summed E-state index contributed by atoms with van der Waals surface area (Å²) >= 11 is 0.